The zero-order valence-electron chi connectivity index (χ0n) is 15.3. The molecule has 0 aliphatic rings. The highest BCUT2D eigenvalue weighted by Gasteiger charge is 1.92. The Labute approximate surface area is 152 Å². The minimum atomic E-state index is 0.680. The molecule has 1 nitrogen and oxygen atoms in total. The van der Waals surface area contributed by atoms with Crippen molar-refractivity contribution in [2.24, 2.45) is 0 Å². The molecule has 0 bridgehead atoms. The second-order valence-electron chi connectivity index (χ2n) is 5.90. The SMILES string of the molecule is CCCCCCC#Cc1ccc(C#Cc2ccc(OCC)cc2)cc1. The normalized spacial score (nSPS) is 9.52. The molecule has 0 aromatic heterocycles. The van der Waals surface area contributed by atoms with Crippen LogP contribution < -0.4 is 4.74 Å². The molecule has 25 heavy (non-hydrogen) atoms. The summed E-state index contributed by atoms with van der Waals surface area (Å²) in [6.07, 6.45) is 6.05. The minimum Gasteiger partial charge on any atom is -0.494 e. The third kappa shape index (κ3) is 7.19. The van der Waals surface area contributed by atoms with Crippen molar-refractivity contribution < 1.29 is 4.74 Å². The highest BCUT2D eigenvalue weighted by atomic mass is 16.5. The topological polar surface area (TPSA) is 9.23 Å². The Morgan fingerprint density at radius 3 is 1.80 bits per heavy atom. The molecule has 128 valence electrons. The third-order valence-corrected chi connectivity index (χ3v) is 3.79. The van der Waals surface area contributed by atoms with Gasteiger partial charge in [-0.2, -0.15) is 0 Å². The summed E-state index contributed by atoms with van der Waals surface area (Å²) in [6, 6.07) is 16.0. The van der Waals surface area contributed by atoms with Crippen LogP contribution in [0.25, 0.3) is 0 Å². The zero-order chi connectivity index (χ0) is 17.7. The molecule has 0 amide bonds. The molecule has 0 radical (unpaired) electrons. The number of benzene rings is 2. The molecule has 0 N–H and O–H groups in total. The van der Waals surface area contributed by atoms with Gasteiger partial charge in [0.1, 0.15) is 5.75 Å². The molecule has 0 spiro atoms. The van der Waals surface area contributed by atoms with E-state index < -0.39 is 0 Å². The molecular formula is C24H26O. The van der Waals surface area contributed by atoms with Gasteiger partial charge in [-0.05, 0) is 61.9 Å². The average molecular weight is 330 g/mol. The molecule has 2 aromatic rings. The van der Waals surface area contributed by atoms with Crippen molar-refractivity contribution in [2.45, 2.75) is 46.0 Å². The van der Waals surface area contributed by atoms with Crippen LogP contribution in [0, 0.1) is 23.7 Å². The fourth-order valence-corrected chi connectivity index (χ4v) is 2.39. The van der Waals surface area contributed by atoms with Crippen LogP contribution in [0.15, 0.2) is 48.5 Å². The van der Waals surface area contributed by atoms with Crippen LogP contribution in [0.4, 0.5) is 0 Å². The van der Waals surface area contributed by atoms with Gasteiger partial charge in [-0.25, -0.2) is 0 Å². The number of hydrogen-bond acceptors (Lipinski definition) is 1. The van der Waals surface area contributed by atoms with Crippen molar-refractivity contribution >= 4 is 0 Å². The van der Waals surface area contributed by atoms with Gasteiger partial charge in [-0.15, -0.1) is 0 Å². The van der Waals surface area contributed by atoms with Crippen molar-refractivity contribution in [1.82, 2.24) is 0 Å². The molecule has 2 aromatic carbocycles. The van der Waals surface area contributed by atoms with Crippen molar-refractivity contribution in [3.8, 4) is 29.4 Å². The van der Waals surface area contributed by atoms with Gasteiger partial charge in [0.15, 0.2) is 0 Å². The third-order valence-electron chi connectivity index (χ3n) is 3.79. The second kappa shape index (κ2) is 11.0. The summed E-state index contributed by atoms with van der Waals surface area (Å²) < 4.78 is 5.44. The molecule has 0 atom stereocenters. The van der Waals surface area contributed by atoms with Gasteiger partial charge >= 0.3 is 0 Å². The highest BCUT2D eigenvalue weighted by Crippen LogP contribution is 2.11. The average Bonchev–Trinajstić information content (AvgIpc) is 2.65. The lowest BCUT2D eigenvalue weighted by Crippen LogP contribution is -1.90. The first-order valence-corrected chi connectivity index (χ1v) is 9.15. The first kappa shape index (κ1) is 18.7. The number of ether oxygens (including phenoxy) is 1. The summed E-state index contributed by atoms with van der Waals surface area (Å²) in [4.78, 5) is 0. The van der Waals surface area contributed by atoms with Crippen molar-refractivity contribution in [2.75, 3.05) is 6.61 Å². The van der Waals surface area contributed by atoms with E-state index in [0.717, 1.165) is 28.9 Å². The van der Waals surface area contributed by atoms with Gasteiger partial charge in [0.25, 0.3) is 0 Å². The number of rotatable bonds is 6. The lowest BCUT2D eigenvalue weighted by atomic mass is 10.1. The van der Waals surface area contributed by atoms with Crippen molar-refractivity contribution in [3.63, 3.8) is 0 Å². The molecule has 0 heterocycles. The molecule has 0 saturated heterocycles. The maximum absolute atomic E-state index is 5.44. The summed E-state index contributed by atoms with van der Waals surface area (Å²) >= 11 is 0. The Bertz CT molecular complexity index is 746. The number of unbranched alkanes of at least 4 members (excludes halogenated alkanes) is 4. The Morgan fingerprint density at radius 2 is 1.24 bits per heavy atom. The fraction of sp³-hybridized carbons (Fsp3) is 0.333. The van der Waals surface area contributed by atoms with Crippen LogP contribution in [0.3, 0.4) is 0 Å². The van der Waals surface area contributed by atoms with Crippen LogP contribution in [-0.2, 0) is 0 Å². The molecule has 0 aliphatic carbocycles. The summed E-state index contributed by atoms with van der Waals surface area (Å²) in [6.45, 7) is 4.89. The lowest BCUT2D eigenvalue weighted by Gasteiger charge is -2.01. The highest BCUT2D eigenvalue weighted by molar-refractivity contribution is 5.46. The van der Waals surface area contributed by atoms with Crippen LogP contribution in [0.2, 0.25) is 0 Å². The molecule has 1 heteroatoms. The molecule has 0 saturated carbocycles. The summed E-state index contributed by atoms with van der Waals surface area (Å²) in [5, 5.41) is 0. The summed E-state index contributed by atoms with van der Waals surface area (Å²) in [7, 11) is 0. The van der Waals surface area contributed by atoms with Crippen LogP contribution in [0.5, 0.6) is 5.75 Å². The van der Waals surface area contributed by atoms with Crippen LogP contribution >= 0.6 is 0 Å². The molecule has 0 aliphatic heterocycles. The van der Waals surface area contributed by atoms with E-state index in [2.05, 4.69) is 30.6 Å². The predicted octanol–water partition coefficient (Wildman–Crippen LogP) is 5.81. The first-order chi connectivity index (χ1) is 12.3. The van der Waals surface area contributed by atoms with E-state index in [1.807, 2.05) is 55.5 Å². The molecule has 0 fully saturated rings. The number of hydrogen-bond donors (Lipinski definition) is 0. The smallest absolute Gasteiger partial charge is 0.119 e. The standard InChI is InChI=1S/C24H26O/c1-3-5-6-7-8-9-10-21-11-13-22(14-12-21)15-16-23-17-19-24(20-18-23)25-4-2/h11-14,17-20H,3-8H2,1-2H3. The van der Waals surface area contributed by atoms with E-state index in [-0.39, 0.29) is 0 Å². The van der Waals surface area contributed by atoms with E-state index in [0.29, 0.717) is 6.61 Å². The largest absolute Gasteiger partial charge is 0.494 e. The minimum absolute atomic E-state index is 0.680. The monoisotopic (exact) mass is 330 g/mol. The second-order valence-corrected chi connectivity index (χ2v) is 5.90. The van der Waals surface area contributed by atoms with Crippen LogP contribution in [-0.4, -0.2) is 6.61 Å². The predicted molar refractivity (Wildman–Crippen MR) is 106 cm³/mol. The van der Waals surface area contributed by atoms with Crippen LogP contribution in [0.1, 0.15) is 62.6 Å². The Kier molecular flexibility index (Phi) is 8.23. The maximum Gasteiger partial charge on any atom is 0.119 e. The van der Waals surface area contributed by atoms with E-state index >= 15 is 0 Å². The van der Waals surface area contributed by atoms with Gasteiger partial charge in [0.05, 0.1) is 6.61 Å². The zero-order valence-corrected chi connectivity index (χ0v) is 15.3. The summed E-state index contributed by atoms with van der Waals surface area (Å²) in [5.41, 5.74) is 3.05. The van der Waals surface area contributed by atoms with Gasteiger partial charge < -0.3 is 4.74 Å². The Balaban J connectivity index is 1.89. The van der Waals surface area contributed by atoms with E-state index in [4.69, 9.17) is 4.74 Å². The molecular weight excluding hydrogens is 304 g/mol. The molecule has 2 rings (SSSR count). The van der Waals surface area contributed by atoms with Gasteiger partial charge in [-0.1, -0.05) is 49.9 Å². The van der Waals surface area contributed by atoms with E-state index in [9.17, 15) is 0 Å². The van der Waals surface area contributed by atoms with Crippen molar-refractivity contribution in [3.05, 3.63) is 65.2 Å². The van der Waals surface area contributed by atoms with E-state index in [1.54, 1.807) is 0 Å². The Morgan fingerprint density at radius 1 is 0.680 bits per heavy atom. The fourth-order valence-electron chi connectivity index (χ4n) is 2.39. The van der Waals surface area contributed by atoms with Gasteiger partial charge in [0.2, 0.25) is 0 Å². The Hall–Kier alpha value is -2.64. The lowest BCUT2D eigenvalue weighted by molar-refractivity contribution is 0.340. The van der Waals surface area contributed by atoms with Gasteiger partial charge in [0, 0.05) is 23.1 Å². The quantitative estimate of drug-likeness (QED) is 0.480. The van der Waals surface area contributed by atoms with Crippen molar-refractivity contribution in [1.29, 1.82) is 0 Å². The first-order valence-electron chi connectivity index (χ1n) is 9.15. The van der Waals surface area contributed by atoms with Gasteiger partial charge in [-0.3, -0.25) is 0 Å². The van der Waals surface area contributed by atoms with E-state index in [1.165, 1.54) is 25.7 Å². The molecule has 0 unspecified atom stereocenters. The summed E-state index contributed by atoms with van der Waals surface area (Å²) in [5.74, 6) is 13.7. The maximum atomic E-state index is 5.44.